The number of carbonyl (C=O) groups excluding carboxylic acids is 2. The number of rotatable bonds is 3. The first-order chi connectivity index (χ1) is 11.4. The lowest BCUT2D eigenvalue weighted by atomic mass is 9.79. The zero-order valence-corrected chi connectivity index (χ0v) is 12.5. The topological polar surface area (TPSA) is 142 Å². The molecule has 25 heavy (non-hydrogen) atoms. The Morgan fingerprint density at radius 2 is 2.00 bits per heavy atom. The number of aromatic hydroxyl groups is 1. The molecule has 1 aliphatic heterocycles. The van der Waals surface area contributed by atoms with Crippen LogP contribution >= 0.6 is 0 Å². The fourth-order valence-electron chi connectivity index (χ4n) is 2.68. The number of aliphatic hydroxyl groups is 1. The number of phenols is 1. The van der Waals surface area contributed by atoms with Crippen LogP contribution in [0.3, 0.4) is 0 Å². The van der Waals surface area contributed by atoms with Crippen molar-refractivity contribution in [2.24, 2.45) is 5.92 Å². The molecule has 0 unspecified atom stereocenters. The highest BCUT2D eigenvalue weighted by molar-refractivity contribution is 5.86. The lowest BCUT2D eigenvalue weighted by Crippen LogP contribution is -2.72. The molecule has 0 aromatic heterocycles. The molecule has 1 saturated heterocycles. The van der Waals surface area contributed by atoms with E-state index in [4.69, 9.17) is 0 Å². The molecule has 12 heteroatoms. The normalized spacial score (nSPS) is 26.5. The molecule has 1 heterocycles. The second-order valence-electron chi connectivity index (χ2n) is 5.43. The highest BCUT2D eigenvalue weighted by atomic mass is 19.4. The van der Waals surface area contributed by atoms with Crippen molar-refractivity contribution in [3.63, 3.8) is 0 Å². The summed E-state index contributed by atoms with van der Waals surface area (Å²) in [6.45, 7) is 0.780. The molecule has 2 rings (SSSR count). The monoisotopic (exact) mass is 363 g/mol. The van der Waals surface area contributed by atoms with Crippen molar-refractivity contribution >= 4 is 17.5 Å². The molecule has 0 saturated carbocycles. The second-order valence-corrected chi connectivity index (χ2v) is 5.43. The van der Waals surface area contributed by atoms with E-state index in [1.165, 1.54) is 5.32 Å². The third kappa shape index (κ3) is 3.07. The maximum atomic E-state index is 13.3. The number of phenolic OH excluding ortho intramolecular Hbond substituents is 1. The van der Waals surface area contributed by atoms with E-state index in [1.54, 1.807) is 0 Å². The van der Waals surface area contributed by atoms with Crippen LogP contribution in [0.1, 0.15) is 18.5 Å². The van der Waals surface area contributed by atoms with Crippen LogP contribution in [0.25, 0.3) is 0 Å². The number of hydrogen-bond acceptors (Lipinski definition) is 6. The predicted molar refractivity (Wildman–Crippen MR) is 74.3 cm³/mol. The number of amides is 2. The van der Waals surface area contributed by atoms with E-state index < -0.39 is 52.0 Å². The molecular formula is C13H12F3N3O6. The Bertz CT molecular complexity index is 753. The molecular weight excluding hydrogens is 351 g/mol. The van der Waals surface area contributed by atoms with Gasteiger partial charge in [-0.2, -0.15) is 13.2 Å². The zero-order chi connectivity index (χ0) is 19.2. The third-order valence-electron chi connectivity index (χ3n) is 3.80. The first kappa shape index (κ1) is 18.4. The lowest BCUT2D eigenvalue weighted by Gasteiger charge is -2.44. The number of alkyl halides is 3. The van der Waals surface area contributed by atoms with E-state index >= 15 is 0 Å². The summed E-state index contributed by atoms with van der Waals surface area (Å²) < 4.78 is 39.8. The van der Waals surface area contributed by atoms with Gasteiger partial charge in [0.25, 0.3) is 0 Å². The average molecular weight is 363 g/mol. The standard InChI is InChI=1S/C13H12F3N3O6/c1-5(20)9-10(6-2-3-8(21)7(4-6)19(24)25)17-11(22)18-12(9,23)13(14,15)16/h2-4,9-10,21,23H,1H3,(H2,17,18,22)/t9-,10-,12+/m1/s1. The number of Topliss-reactive ketones (excluding diaryl/α,β-unsaturated/α-hetero) is 1. The van der Waals surface area contributed by atoms with Gasteiger partial charge in [0.05, 0.1) is 16.9 Å². The fourth-order valence-corrected chi connectivity index (χ4v) is 2.68. The summed E-state index contributed by atoms with van der Waals surface area (Å²) >= 11 is 0. The number of hydrogen-bond donors (Lipinski definition) is 4. The molecule has 0 aliphatic carbocycles. The van der Waals surface area contributed by atoms with E-state index in [0.717, 1.165) is 25.1 Å². The number of nitrogens with zero attached hydrogens (tertiary/aromatic N) is 1. The Morgan fingerprint density at radius 1 is 1.40 bits per heavy atom. The van der Waals surface area contributed by atoms with Gasteiger partial charge < -0.3 is 20.8 Å². The van der Waals surface area contributed by atoms with E-state index in [-0.39, 0.29) is 5.56 Å². The van der Waals surface area contributed by atoms with Crippen LogP contribution in [0.2, 0.25) is 0 Å². The van der Waals surface area contributed by atoms with Crippen molar-refractivity contribution < 1.29 is 37.9 Å². The number of ketones is 1. The Morgan fingerprint density at radius 3 is 2.48 bits per heavy atom. The van der Waals surface area contributed by atoms with Gasteiger partial charge in [-0.3, -0.25) is 14.9 Å². The molecule has 136 valence electrons. The second kappa shape index (κ2) is 5.88. The van der Waals surface area contributed by atoms with Crippen molar-refractivity contribution in [2.75, 3.05) is 0 Å². The smallest absolute Gasteiger partial charge is 0.437 e. The van der Waals surface area contributed by atoms with Crippen LogP contribution in [0.4, 0.5) is 23.7 Å². The first-order valence-electron chi connectivity index (χ1n) is 6.74. The minimum Gasteiger partial charge on any atom is -0.502 e. The maximum Gasteiger partial charge on any atom is 0.437 e. The van der Waals surface area contributed by atoms with Crippen LogP contribution in [0.5, 0.6) is 5.75 Å². The van der Waals surface area contributed by atoms with E-state index in [0.29, 0.717) is 0 Å². The van der Waals surface area contributed by atoms with Crippen molar-refractivity contribution in [3.8, 4) is 5.75 Å². The summed E-state index contributed by atoms with van der Waals surface area (Å²) in [4.78, 5) is 33.3. The van der Waals surface area contributed by atoms with Gasteiger partial charge in [0, 0.05) is 6.07 Å². The van der Waals surface area contributed by atoms with E-state index in [1.807, 2.05) is 5.32 Å². The lowest BCUT2D eigenvalue weighted by molar-refractivity contribution is -0.386. The highest BCUT2D eigenvalue weighted by Gasteiger charge is 2.65. The summed E-state index contributed by atoms with van der Waals surface area (Å²) in [7, 11) is 0. The highest BCUT2D eigenvalue weighted by Crippen LogP contribution is 2.43. The Kier molecular flexibility index (Phi) is 4.34. The minimum absolute atomic E-state index is 0.262. The SMILES string of the molecule is CC(=O)[C@@H]1[C@@H](c2ccc(O)c([N+](=O)[O-])c2)NC(=O)N[C@@]1(O)C(F)(F)F. The largest absolute Gasteiger partial charge is 0.502 e. The first-order valence-corrected chi connectivity index (χ1v) is 6.74. The van der Waals surface area contributed by atoms with E-state index in [2.05, 4.69) is 0 Å². The molecule has 0 bridgehead atoms. The van der Waals surface area contributed by atoms with Gasteiger partial charge in [-0.05, 0) is 18.6 Å². The molecule has 9 nitrogen and oxygen atoms in total. The number of halogens is 3. The third-order valence-corrected chi connectivity index (χ3v) is 3.80. The summed E-state index contributed by atoms with van der Waals surface area (Å²) in [6.07, 6.45) is -5.39. The zero-order valence-electron chi connectivity index (χ0n) is 12.5. The summed E-state index contributed by atoms with van der Waals surface area (Å²) in [6, 6.07) is -0.565. The van der Waals surface area contributed by atoms with Gasteiger partial charge in [-0.25, -0.2) is 4.79 Å². The number of carbonyl (C=O) groups is 2. The number of nitro benzene ring substituents is 1. The molecule has 1 aliphatic rings. The van der Waals surface area contributed by atoms with E-state index in [9.17, 15) is 43.1 Å². The van der Waals surface area contributed by atoms with Gasteiger partial charge >= 0.3 is 17.9 Å². The van der Waals surface area contributed by atoms with Crippen LogP contribution < -0.4 is 10.6 Å². The molecule has 4 N–H and O–H groups in total. The quantitative estimate of drug-likeness (QED) is 0.468. The molecule has 1 aromatic carbocycles. The van der Waals surface area contributed by atoms with Crippen molar-refractivity contribution in [3.05, 3.63) is 33.9 Å². The van der Waals surface area contributed by atoms with Gasteiger partial charge in [0.15, 0.2) is 5.75 Å². The van der Waals surface area contributed by atoms with Crippen LogP contribution in [-0.4, -0.2) is 38.9 Å². The fraction of sp³-hybridized carbons (Fsp3) is 0.385. The molecule has 1 fully saturated rings. The van der Waals surface area contributed by atoms with Crippen LogP contribution in [0, 0.1) is 16.0 Å². The summed E-state index contributed by atoms with van der Waals surface area (Å²) in [5.41, 5.74) is -4.95. The minimum atomic E-state index is -5.39. The maximum absolute atomic E-state index is 13.3. The Balaban J connectivity index is 2.62. The average Bonchev–Trinajstić information content (AvgIpc) is 2.44. The Labute approximate surface area is 137 Å². The van der Waals surface area contributed by atoms with Gasteiger partial charge in [0.1, 0.15) is 5.78 Å². The van der Waals surface area contributed by atoms with Crippen molar-refractivity contribution in [2.45, 2.75) is 24.9 Å². The van der Waals surface area contributed by atoms with Crippen LogP contribution in [-0.2, 0) is 4.79 Å². The molecule has 0 radical (unpaired) electrons. The predicted octanol–water partition coefficient (Wildman–Crippen LogP) is 1.11. The number of nitrogens with one attached hydrogen (secondary N) is 2. The van der Waals surface area contributed by atoms with Crippen molar-refractivity contribution in [1.29, 1.82) is 0 Å². The summed E-state index contributed by atoms with van der Waals surface area (Å²) in [5, 5.41) is 33.6. The van der Waals surface area contributed by atoms with Gasteiger partial charge in [0.2, 0.25) is 5.72 Å². The number of nitro groups is 1. The molecule has 3 atom stereocenters. The van der Waals surface area contributed by atoms with Gasteiger partial charge in [-0.15, -0.1) is 0 Å². The Hall–Kier alpha value is -2.89. The van der Waals surface area contributed by atoms with Crippen LogP contribution in [0.15, 0.2) is 18.2 Å². The van der Waals surface area contributed by atoms with Crippen molar-refractivity contribution in [1.82, 2.24) is 10.6 Å². The van der Waals surface area contributed by atoms with Gasteiger partial charge in [-0.1, -0.05) is 6.07 Å². The number of urea groups is 1. The molecule has 1 aromatic rings. The summed E-state index contributed by atoms with van der Waals surface area (Å²) in [5.74, 6) is -4.08. The molecule has 2 amide bonds. The number of benzene rings is 1. The molecule has 0 spiro atoms.